The van der Waals surface area contributed by atoms with Gasteiger partial charge in [0, 0.05) is 31.7 Å². The largest absolute Gasteiger partial charge is 0.376 e. The Morgan fingerprint density at radius 1 is 1.62 bits per heavy atom. The highest BCUT2D eigenvalue weighted by molar-refractivity contribution is 7.99. The van der Waals surface area contributed by atoms with Gasteiger partial charge < -0.3 is 15.4 Å². The zero-order valence-corrected chi connectivity index (χ0v) is 10.6. The third-order valence-corrected chi connectivity index (χ3v) is 4.58. The second kappa shape index (κ2) is 5.38. The number of carbonyl (C=O) groups is 1. The number of nitrogens with one attached hydrogen (secondary N) is 2. The Bertz CT molecular complexity index is 245. The molecule has 4 nitrogen and oxygen atoms in total. The van der Waals surface area contributed by atoms with Crippen LogP contribution >= 0.6 is 11.8 Å². The molecule has 1 aliphatic carbocycles. The first-order chi connectivity index (χ1) is 7.76. The van der Waals surface area contributed by atoms with Crippen LogP contribution < -0.4 is 10.6 Å². The quantitative estimate of drug-likeness (QED) is 0.750. The Hall–Kier alpha value is -0.260. The van der Waals surface area contributed by atoms with Crippen LogP contribution in [0.1, 0.15) is 19.3 Å². The zero-order chi connectivity index (χ0) is 11.4. The van der Waals surface area contributed by atoms with Crippen molar-refractivity contribution in [1.29, 1.82) is 0 Å². The number of hydrogen-bond acceptors (Lipinski definition) is 4. The monoisotopic (exact) mass is 244 g/mol. The molecular formula is C11H20N2O2S. The molecule has 1 saturated heterocycles. The summed E-state index contributed by atoms with van der Waals surface area (Å²) in [4.78, 5) is 11.9. The summed E-state index contributed by atoms with van der Waals surface area (Å²) in [5, 5.41) is 6.24. The van der Waals surface area contributed by atoms with E-state index in [1.165, 1.54) is 6.42 Å². The van der Waals surface area contributed by atoms with Gasteiger partial charge in [0.1, 0.15) is 0 Å². The van der Waals surface area contributed by atoms with Crippen molar-refractivity contribution in [2.24, 2.45) is 0 Å². The smallest absolute Gasteiger partial charge is 0.238 e. The standard InChI is InChI=1S/C11H20N2O2S/c1-15-11(3-2-4-11)8-13-10(14)9-7-16-6-5-12-9/h9,12H,2-8H2,1H3,(H,13,14). The van der Waals surface area contributed by atoms with Crippen molar-refractivity contribution in [2.45, 2.75) is 30.9 Å². The van der Waals surface area contributed by atoms with E-state index < -0.39 is 0 Å². The van der Waals surface area contributed by atoms with E-state index in [1.54, 1.807) is 7.11 Å². The molecule has 2 aliphatic rings. The van der Waals surface area contributed by atoms with Gasteiger partial charge in [0.05, 0.1) is 11.6 Å². The summed E-state index contributed by atoms with van der Waals surface area (Å²) in [5.74, 6) is 2.10. The molecule has 0 aromatic rings. The minimum Gasteiger partial charge on any atom is -0.376 e. The van der Waals surface area contributed by atoms with E-state index >= 15 is 0 Å². The summed E-state index contributed by atoms with van der Waals surface area (Å²) in [6, 6.07) is -0.0206. The molecular weight excluding hydrogens is 224 g/mol. The summed E-state index contributed by atoms with van der Waals surface area (Å²) >= 11 is 1.84. The van der Waals surface area contributed by atoms with Gasteiger partial charge in [0.2, 0.25) is 5.91 Å². The van der Waals surface area contributed by atoms with Crippen molar-refractivity contribution in [3.63, 3.8) is 0 Å². The number of thioether (sulfide) groups is 1. The number of rotatable bonds is 4. The predicted molar refractivity (Wildman–Crippen MR) is 65.7 cm³/mol. The minimum absolute atomic E-state index is 0.0206. The SMILES string of the molecule is COC1(CNC(=O)C2CSCCN2)CCC1. The molecule has 2 rings (SSSR count). The van der Waals surface area contributed by atoms with E-state index in [1.807, 2.05) is 11.8 Å². The van der Waals surface area contributed by atoms with Gasteiger partial charge in [0.25, 0.3) is 0 Å². The Labute approximate surface area is 101 Å². The van der Waals surface area contributed by atoms with E-state index in [9.17, 15) is 4.79 Å². The fourth-order valence-corrected chi connectivity index (χ4v) is 3.06. The number of ether oxygens (including phenoxy) is 1. The van der Waals surface area contributed by atoms with Gasteiger partial charge in [-0.25, -0.2) is 0 Å². The lowest BCUT2D eigenvalue weighted by molar-refractivity contribution is -0.126. The summed E-state index contributed by atoms with van der Waals surface area (Å²) in [7, 11) is 1.74. The fraction of sp³-hybridized carbons (Fsp3) is 0.909. The van der Waals surface area contributed by atoms with Crippen LogP contribution in [0, 0.1) is 0 Å². The molecule has 1 unspecified atom stereocenters. The molecule has 0 radical (unpaired) electrons. The number of amides is 1. The highest BCUT2D eigenvalue weighted by atomic mass is 32.2. The maximum Gasteiger partial charge on any atom is 0.238 e. The van der Waals surface area contributed by atoms with Crippen molar-refractivity contribution in [2.75, 3.05) is 31.7 Å². The summed E-state index contributed by atoms with van der Waals surface area (Å²) in [6.07, 6.45) is 3.34. The molecule has 16 heavy (non-hydrogen) atoms. The van der Waals surface area contributed by atoms with Crippen LogP contribution in [-0.2, 0) is 9.53 Å². The molecule has 0 spiro atoms. The highest BCUT2D eigenvalue weighted by Crippen LogP contribution is 2.34. The molecule has 0 aromatic heterocycles. The molecule has 2 N–H and O–H groups in total. The number of methoxy groups -OCH3 is 1. The molecule has 0 aromatic carbocycles. The van der Waals surface area contributed by atoms with E-state index in [-0.39, 0.29) is 17.6 Å². The molecule has 1 heterocycles. The maximum atomic E-state index is 11.9. The van der Waals surface area contributed by atoms with Gasteiger partial charge >= 0.3 is 0 Å². The van der Waals surface area contributed by atoms with E-state index in [0.29, 0.717) is 6.54 Å². The van der Waals surface area contributed by atoms with Crippen LogP contribution in [0.15, 0.2) is 0 Å². The first-order valence-corrected chi connectivity index (χ1v) is 7.05. The van der Waals surface area contributed by atoms with E-state index in [0.717, 1.165) is 30.9 Å². The Morgan fingerprint density at radius 2 is 2.44 bits per heavy atom. The lowest BCUT2D eigenvalue weighted by Gasteiger charge is -2.40. The summed E-state index contributed by atoms with van der Waals surface area (Å²) in [6.45, 7) is 1.59. The summed E-state index contributed by atoms with van der Waals surface area (Å²) in [5.41, 5.74) is -0.0720. The van der Waals surface area contributed by atoms with Crippen molar-refractivity contribution in [3.8, 4) is 0 Å². The van der Waals surface area contributed by atoms with Gasteiger partial charge in [-0.1, -0.05) is 0 Å². The number of hydrogen-bond donors (Lipinski definition) is 2. The van der Waals surface area contributed by atoms with Crippen molar-refractivity contribution < 1.29 is 9.53 Å². The highest BCUT2D eigenvalue weighted by Gasteiger charge is 2.37. The zero-order valence-electron chi connectivity index (χ0n) is 9.75. The average molecular weight is 244 g/mol. The van der Waals surface area contributed by atoms with Gasteiger partial charge in [-0.3, -0.25) is 4.79 Å². The average Bonchev–Trinajstić information content (AvgIpc) is 2.29. The van der Waals surface area contributed by atoms with Gasteiger partial charge in [-0.15, -0.1) is 0 Å². The number of carbonyl (C=O) groups excluding carboxylic acids is 1. The third kappa shape index (κ3) is 2.70. The van der Waals surface area contributed by atoms with E-state index in [4.69, 9.17) is 4.74 Å². The molecule has 1 aliphatic heterocycles. The predicted octanol–water partition coefficient (Wildman–Crippen LogP) is 0.377. The lowest BCUT2D eigenvalue weighted by atomic mass is 9.80. The topological polar surface area (TPSA) is 50.4 Å². The Balaban J connectivity index is 1.74. The minimum atomic E-state index is -0.0720. The first-order valence-electron chi connectivity index (χ1n) is 5.90. The lowest BCUT2D eigenvalue weighted by Crippen LogP contribution is -2.54. The Morgan fingerprint density at radius 3 is 2.94 bits per heavy atom. The maximum absolute atomic E-state index is 11.9. The molecule has 1 atom stereocenters. The van der Waals surface area contributed by atoms with Gasteiger partial charge in [-0.05, 0) is 19.3 Å². The molecule has 0 bridgehead atoms. The normalized spacial score (nSPS) is 28.2. The molecule has 1 amide bonds. The van der Waals surface area contributed by atoms with Crippen molar-refractivity contribution >= 4 is 17.7 Å². The molecule has 5 heteroatoms. The third-order valence-electron chi connectivity index (χ3n) is 3.52. The summed E-state index contributed by atoms with van der Waals surface area (Å²) < 4.78 is 5.47. The van der Waals surface area contributed by atoms with Crippen LogP contribution in [0.25, 0.3) is 0 Å². The molecule has 2 fully saturated rings. The van der Waals surface area contributed by atoms with Crippen LogP contribution in [0.2, 0.25) is 0 Å². The van der Waals surface area contributed by atoms with Gasteiger partial charge in [0.15, 0.2) is 0 Å². The second-order valence-electron chi connectivity index (χ2n) is 4.54. The van der Waals surface area contributed by atoms with Crippen molar-refractivity contribution in [1.82, 2.24) is 10.6 Å². The first kappa shape index (κ1) is 12.2. The molecule has 1 saturated carbocycles. The second-order valence-corrected chi connectivity index (χ2v) is 5.69. The van der Waals surface area contributed by atoms with Crippen LogP contribution in [0.3, 0.4) is 0 Å². The van der Waals surface area contributed by atoms with Crippen LogP contribution in [-0.4, -0.2) is 49.3 Å². The van der Waals surface area contributed by atoms with Crippen molar-refractivity contribution in [3.05, 3.63) is 0 Å². The molecule has 92 valence electrons. The van der Waals surface area contributed by atoms with Crippen LogP contribution in [0.4, 0.5) is 0 Å². The van der Waals surface area contributed by atoms with Crippen LogP contribution in [0.5, 0.6) is 0 Å². The fourth-order valence-electron chi connectivity index (χ4n) is 2.13. The van der Waals surface area contributed by atoms with Gasteiger partial charge in [-0.2, -0.15) is 11.8 Å². The Kier molecular flexibility index (Phi) is 4.10. The van der Waals surface area contributed by atoms with E-state index in [2.05, 4.69) is 10.6 Å².